The highest BCUT2D eigenvalue weighted by molar-refractivity contribution is 5.05. The summed E-state index contributed by atoms with van der Waals surface area (Å²) in [6.07, 6.45) is 2.99. The number of methoxy groups -OCH3 is 1. The quantitative estimate of drug-likeness (QED) is 0.829. The second kappa shape index (κ2) is 5.48. The molecule has 0 bridgehead atoms. The van der Waals surface area contributed by atoms with Crippen molar-refractivity contribution < 1.29 is 13.9 Å². The molecule has 0 aliphatic carbocycles. The molecular formula is C12H19NO3. The van der Waals surface area contributed by atoms with E-state index in [4.69, 9.17) is 13.9 Å². The highest BCUT2D eigenvalue weighted by Crippen LogP contribution is 2.20. The molecule has 1 saturated heterocycles. The molecule has 1 aromatic heterocycles. The molecular weight excluding hydrogens is 206 g/mol. The van der Waals surface area contributed by atoms with Crippen LogP contribution in [-0.4, -0.2) is 32.5 Å². The Bertz CT molecular complexity index is 299. The highest BCUT2D eigenvalue weighted by atomic mass is 16.5. The van der Waals surface area contributed by atoms with Crippen LogP contribution in [0.1, 0.15) is 25.1 Å². The molecule has 0 spiro atoms. The second-order valence-electron chi connectivity index (χ2n) is 4.16. The van der Waals surface area contributed by atoms with Gasteiger partial charge in [0.2, 0.25) is 0 Å². The van der Waals surface area contributed by atoms with Crippen molar-refractivity contribution in [2.24, 2.45) is 0 Å². The Morgan fingerprint density at radius 1 is 1.62 bits per heavy atom. The van der Waals surface area contributed by atoms with E-state index in [0.717, 1.165) is 18.8 Å². The fourth-order valence-electron chi connectivity index (χ4n) is 2.08. The minimum atomic E-state index is 0.106. The molecule has 1 N–H and O–H groups in total. The molecule has 0 radical (unpaired) electrons. The Labute approximate surface area is 95.9 Å². The van der Waals surface area contributed by atoms with E-state index < -0.39 is 0 Å². The number of ether oxygens (including phenoxy) is 2. The van der Waals surface area contributed by atoms with Crippen LogP contribution in [0.25, 0.3) is 0 Å². The Hall–Kier alpha value is -0.840. The smallest absolute Gasteiger partial charge is 0.123 e. The molecule has 90 valence electrons. The van der Waals surface area contributed by atoms with Gasteiger partial charge < -0.3 is 13.9 Å². The van der Waals surface area contributed by atoms with Crippen molar-refractivity contribution >= 4 is 0 Å². The van der Waals surface area contributed by atoms with Crippen LogP contribution in [0.15, 0.2) is 22.8 Å². The van der Waals surface area contributed by atoms with Crippen LogP contribution >= 0.6 is 0 Å². The predicted molar refractivity (Wildman–Crippen MR) is 60.3 cm³/mol. The van der Waals surface area contributed by atoms with Gasteiger partial charge in [-0.15, -0.1) is 0 Å². The number of nitrogens with one attached hydrogen (secondary N) is 1. The summed E-state index contributed by atoms with van der Waals surface area (Å²) in [4.78, 5) is 0. The summed E-state index contributed by atoms with van der Waals surface area (Å²) in [5.41, 5.74) is 0. The van der Waals surface area contributed by atoms with Crippen LogP contribution in [0.2, 0.25) is 0 Å². The van der Waals surface area contributed by atoms with Crippen molar-refractivity contribution in [3.63, 3.8) is 0 Å². The van der Waals surface area contributed by atoms with Crippen LogP contribution in [0.4, 0.5) is 0 Å². The second-order valence-corrected chi connectivity index (χ2v) is 4.16. The Morgan fingerprint density at radius 2 is 2.50 bits per heavy atom. The third-order valence-electron chi connectivity index (χ3n) is 3.01. The van der Waals surface area contributed by atoms with E-state index in [9.17, 15) is 0 Å². The first-order valence-corrected chi connectivity index (χ1v) is 5.71. The molecule has 1 aliphatic heterocycles. The van der Waals surface area contributed by atoms with Crippen molar-refractivity contribution in [1.29, 1.82) is 0 Å². The van der Waals surface area contributed by atoms with E-state index in [1.807, 2.05) is 12.1 Å². The van der Waals surface area contributed by atoms with Gasteiger partial charge in [-0.2, -0.15) is 0 Å². The molecule has 16 heavy (non-hydrogen) atoms. The number of furan rings is 1. The SMILES string of the molecule is COCC(NC1CCOC1C)c1ccco1. The average Bonchev–Trinajstić information content (AvgIpc) is 2.90. The minimum Gasteiger partial charge on any atom is -0.468 e. The van der Waals surface area contributed by atoms with Crippen molar-refractivity contribution in [2.75, 3.05) is 20.3 Å². The van der Waals surface area contributed by atoms with Gasteiger partial charge in [0.15, 0.2) is 0 Å². The van der Waals surface area contributed by atoms with Crippen molar-refractivity contribution in [2.45, 2.75) is 31.5 Å². The first-order chi connectivity index (χ1) is 7.81. The van der Waals surface area contributed by atoms with Gasteiger partial charge in [-0.3, -0.25) is 5.32 Å². The van der Waals surface area contributed by atoms with Gasteiger partial charge in [-0.25, -0.2) is 0 Å². The zero-order valence-electron chi connectivity index (χ0n) is 9.81. The van der Waals surface area contributed by atoms with Gasteiger partial charge in [-0.1, -0.05) is 0 Å². The number of hydrogen-bond acceptors (Lipinski definition) is 4. The maximum absolute atomic E-state index is 5.53. The third-order valence-corrected chi connectivity index (χ3v) is 3.01. The zero-order valence-corrected chi connectivity index (χ0v) is 9.81. The molecule has 2 heterocycles. The highest BCUT2D eigenvalue weighted by Gasteiger charge is 2.27. The summed E-state index contributed by atoms with van der Waals surface area (Å²) in [6, 6.07) is 4.35. The largest absolute Gasteiger partial charge is 0.468 e. The molecule has 1 fully saturated rings. The van der Waals surface area contributed by atoms with Gasteiger partial charge >= 0.3 is 0 Å². The van der Waals surface area contributed by atoms with E-state index in [1.165, 1.54) is 0 Å². The van der Waals surface area contributed by atoms with Crippen molar-refractivity contribution in [3.8, 4) is 0 Å². The van der Waals surface area contributed by atoms with Gasteiger partial charge in [0.05, 0.1) is 25.0 Å². The van der Waals surface area contributed by atoms with Crippen LogP contribution < -0.4 is 5.32 Å². The lowest BCUT2D eigenvalue weighted by molar-refractivity contribution is 0.100. The molecule has 2 rings (SSSR count). The normalized spacial score (nSPS) is 27.1. The molecule has 4 heteroatoms. The minimum absolute atomic E-state index is 0.106. The molecule has 0 aromatic carbocycles. The molecule has 1 aromatic rings. The molecule has 1 aliphatic rings. The summed E-state index contributed by atoms with van der Waals surface area (Å²) in [5, 5.41) is 3.53. The van der Waals surface area contributed by atoms with E-state index in [-0.39, 0.29) is 12.1 Å². The van der Waals surface area contributed by atoms with Crippen LogP contribution in [0, 0.1) is 0 Å². The van der Waals surface area contributed by atoms with Crippen molar-refractivity contribution in [1.82, 2.24) is 5.32 Å². The van der Waals surface area contributed by atoms with Crippen LogP contribution in [0.5, 0.6) is 0 Å². The summed E-state index contributed by atoms with van der Waals surface area (Å²) in [6.45, 7) is 3.53. The third kappa shape index (κ3) is 2.64. The van der Waals surface area contributed by atoms with Crippen molar-refractivity contribution in [3.05, 3.63) is 24.2 Å². The van der Waals surface area contributed by atoms with Gasteiger partial charge in [0.25, 0.3) is 0 Å². The lowest BCUT2D eigenvalue weighted by Gasteiger charge is -2.22. The molecule has 0 saturated carbocycles. The van der Waals surface area contributed by atoms with Gasteiger partial charge in [-0.05, 0) is 25.5 Å². The summed E-state index contributed by atoms with van der Waals surface area (Å²) in [5.74, 6) is 0.918. The fraction of sp³-hybridized carbons (Fsp3) is 0.667. The summed E-state index contributed by atoms with van der Waals surface area (Å²) in [7, 11) is 1.70. The first-order valence-electron chi connectivity index (χ1n) is 5.71. The maximum atomic E-state index is 5.53. The van der Waals surface area contributed by atoms with Gasteiger partial charge in [0.1, 0.15) is 5.76 Å². The monoisotopic (exact) mass is 225 g/mol. The fourth-order valence-corrected chi connectivity index (χ4v) is 2.08. The van der Waals surface area contributed by atoms with E-state index in [1.54, 1.807) is 13.4 Å². The first kappa shape index (κ1) is 11.6. The maximum Gasteiger partial charge on any atom is 0.123 e. The molecule has 4 nitrogen and oxygen atoms in total. The Kier molecular flexibility index (Phi) is 3.98. The molecule has 3 unspecified atom stereocenters. The standard InChI is InChI=1S/C12H19NO3/c1-9-10(5-7-15-9)13-11(8-14-2)12-4-3-6-16-12/h3-4,6,9-11,13H,5,7-8H2,1-2H3. The molecule has 3 atom stereocenters. The Morgan fingerprint density at radius 3 is 3.06 bits per heavy atom. The topological polar surface area (TPSA) is 43.6 Å². The summed E-state index contributed by atoms with van der Waals surface area (Å²) < 4.78 is 16.1. The Balaban J connectivity index is 1.97. The van der Waals surface area contributed by atoms with E-state index >= 15 is 0 Å². The lowest BCUT2D eigenvalue weighted by Crippen LogP contribution is -2.39. The van der Waals surface area contributed by atoms with Crippen LogP contribution in [0.3, 0.4) is 0 Å². The van der Waals surface area contributed by atoms with E-state index in [2.05, 4.69) is 12.2 Å². The van der Waals surface area contributed by atoms with Crippen LogP contribution in [-0.2, 0) is 9.47 Å². The van der Waals surface area contributed by atoms with Gasteiger partial charge in [0, 0.05) is 19.8 Å². The number of hydrogen-bond donors (Lipinski definition) is 1. The molecule has 0 amide bonds. The number of rotatable bonds is 5. The average molecular weight is 225 g/mol. The summed E-state index contributed by atoms with van der Waals surface area (Å²) >= 11 is 0. The van der Waals surface area contributed by atoms with E-state index in [0.29, 0.717) is 12.6 Å². The zero-order chi connectivity index (χ0) is 11.4. The lowest BCUT2D eigenvalue weighted by atomic mass is 10.1. The predicted octanol–water partition coefficient (Wildman–Crippen LogP) is 1.73.